The number of amides is 1. The van der Waals surface area contributed by atoms with E-state index in [0.29, 0.717) is 30.3 Å². The molecule has 0 aliphatic carbocycles. The average molecular weight is 516 g/mol. The Morgan fingerprint density at radius 1 is 0.846 bits per heavy atom. The molecule has 1 aliphatic heterocycles. The van der Waals surface area contributed by atoms with Crippen LogP contribution < -0.4 is 9.47 Å². The van der Waals surface area contributed by atoms with Crippen molar-refractivity contribution < 1.29 is 14.3 Å². The first kappa shape index (κ1) is 24.5. The molecule has 0 bridgehead atoms. The van der Waals surface area contributed by atoms with Crippen LogP contribution in [-0.2, 0) is 13.2 Å². The van der Waals surface area contributed by atoms with Crippen LogP contribution in [0.3, 0.4) is 0 Å². The van der Waals surface area contributed by atoms with E-state index in [-0.39, 0.29) is 11.9 Å². The second-order valence-electron chi connectivity index (χ2n) is 9.73. The van der Waals surface area contributed by atoms with Crippen molar-refractivity contribution in [2.45, 2.75) is 26.1 Å². The van der Waals surface area contributed by atoms with Gasteiger partial charge in [-0.15, -0.1) is 0 Å². The predicted molar refractivity (Wildman–Crippen MR) is 151 cm³/mol. The molecule has 0 spiro atoms. The minimum absolute atomic E-state index is 0.0753. The Balaban J connectivity index is 1.40. The molecule has 6 nitrogen and oxygen atoms in total. The number of rotatable bonds is 8. The van der Waals surface area contributed by atoms with E-state index in [9.17, 15) is 4.79 Å². The van der Waals surface area contributed by atoms with Gasteiger partial charge in [0.2, 0.25) is 0 Å². The van der Waals surface area contributed by atoms with Gasteiger partial charge in [-0.2, -0.15) is 5.10 Å². The zero-order chi connectivity index (χ0) is 26.8. The van der Waals surface area contributed by atoms with Gasteiger partial charge in [-0.25, -0.2) is 0 Å². The van der Waals surface area contributed by atoms with Gasteiger partial charge in [0, 0.05) is 17.7 Å². The Bertz CT molecular complexity index is 1600. The lowest BCUT2D eigenvalue weighted by molar-refractivity contribution is 0.0730. The molecule has 0 radical (unpaired) electrons. The van der Waals surface area contributed by atoms with Crippen molar-refractivity contribution in [2.75, 3.05) is 7.11 Å². The van der Waals surface area contributed by atoms with E-state index >= 15 is 0 Å². The first-order valence-corrected chi connectivity index (χ1v) is 13.0. The minimum Gasteiger partial charge on any atom is -0.493 e. The zero-order valence-electron chi connectivity index (χ0n) is 21.9. The summed E-state index contributed by atoms with van der Waals surface area (Å²) in [5.74, 6) is 1.19. The molecular weight excluding hydrogens is 486 g/mol. The quantitative estimate of drug-likeness (QED) is 0.249. The van der Waals surface area contributed by atoms with E-state index in [1.165, 1.54) is 5.56 Å². The third-order valence-electron chi connectivity index (χ3n) is 7.13. The van der Waals surface area contributed by atoms with Gasteiger partial charge < -0.3 is 14.4 Å². The molecule has 6 rings (SSSR count). The van der Waals surface area contributed by atoms with Crippen LogP contribution in [0.5, 0.6) is 11.5 Å². The number of nitrogens with one attached hydrogen (secondary N) is 1. The van der Waals surface area contributed by atoms with Crippen LogP contribution >= 0.6 is 0 Å². The first-order valence-electron chi connectivity index (χ1n) is 13.0. The Morgan fingerprint density at radius 2 is 1.56 bits per heavy atom. The summed E-state index contributed by atoms with van der Waals surface area (Å²) in [5, 5.41) is 7.62. The van der Waals surface area contributed by atoms with E-state index < -0.39 is 0 Å². The number of aromatic nitrogens is 2. The van der Waals surface area contributed by atoms with Crippen molar-refractivity contribution >= 4 is 5.91 Å². The number of aryl methyl sites for hydroxylation is 1. The molecule has 194 valence electrons. The van der Waals surface area contributed by atoms with E-state index in [4.69, 9.17) is 9.47 Å². The number of carbonyl (C=O) groups is 1. The third kappa shape index (κ3) is 4.77. The Kier molecular flexibility index (Phi) is 6.59. The highest BCUT2D eigenvalue weighted by Gasteiger charge is 2.42. The molecule has 39 heavy (non-hydrogen) atoms. The molecule has 0 saturated carbocycles. The lowest BCUT2D eigenvalue weighted by atomic mass is 9.95. The van der Waals surface area contributed by atoms with E-state index in [0.717, 1.165) is 33.5 Å². The number of aromatic amines is 1. The second kappa shape index (κ2) is 10.5. The molecule has 1 aromatic heterocycles. The van der Waals surface area contributed by atoms with Crippen molar-refractivity contribution in [2.24, 2.45) is 0 Å². The number of nitrogens with zero attached hydrogens (tertiary/aromatic N) is 2. The van der Waals surface area contributed by atoms with Crippen LogP contribution in [0.25, 0.3) is 11.3 Å². The van der Waals surface area contributed by atoms with Gasteiger partial charge >= 0.3 is 0 Å². The molecule has 4 aromatic carbocycles. The summed E-state index contributed by atoms with van der Waals surface area (Å²) in [6.45, 7) is 2.96. The highest BCUT2D eigenvalue weighted by Crippen LogP contribution is 2.45. The van der Waals surface area contributed by atoms with Gasteiger partial charge in [-0.05, 0) is 35.7 Å². The maximum Gasteiger partial charge on any atom is 0.273 e. The van der Waals surface area contributed by atoms with Gasteiger partial charge in [0.15, 0.2) is 11.5 Å². The van der Waals surface area contributed by atoms with E-state index in [1.807, 2.05) is 83.8 Å². The normalized spacial score (nSPS) is 14.4. The standard InChI is InChI=1S/C33H29N3O3/c1-22-13-15-23(16-14-22)20-36-32(29-30(25-11-7-4-8-12-25)34-35-31(29)33(36)37)26-17-18-27(28(19-26)38-2)39-21-24-9-5-3-6-10-24/h3-19,32H,20-21H2,1-2H3,(H,34,35). The maximum atomic E-state index is 13.8. The predicted octanol–water partition coefficient (Wildman–Crippen LogP) is 6.72. The van der Waals surface area contributed by atoms with E-state index in [2.05, 4.69) is 41.4 Å². The molecule has 6 heteroatoms. The molecule has 2 heterocycles. The first-order chi connectivity index (χ1) is 19.1. The van der Waals surface area contributed by atoms with Crippen LogP contribution in [0.4, 0.5) is 0 Å². The number of ether oxygens (including phenoxy) is 2. The number of fused-ring (bicyclic) bond motifs is 1. The highest BCUT2D eigenvalue weighted by molar-refractivity contribution is 6.00. The molecule has 1 atom stereocenters. The maximum absolute atomic E-state index is 13.8. The fourth-order valence-electron chi connectivity index (χ4n) is 5.12. The smallest absolute Gasteiger partial charge is 0.273 e. The number of H-pyrrole nitrogens is 1. The molecule has 0 saturated heterocycles. The highest BCUT2D eigenvalue weighted by atomic mass is 16.5. The zero-order valence-corrected chi connectivity index (χ0v) is 21.9. The number of carbonyl (C=O) groups excluding carboxylic acids is 1. The number of methoxy groups -OCH3 is 1. The fraction of sp³-hybridized carbons (Fsp3) is 0.152. The summed E-state index contributed by atoms with van der Waals surface area (Å²) in [6.07, 6.45) is 0. The summed E-state index contributed by atoms with van der Waals surface area (Å²) in [7, 11) is 1.64. The lowest BCUT2D eigenvalue weighted by Crippen LogP contribution is -2.29. The number of benzene rings is 4. The van der Waals surface area contributed by atoms with E-state index in [1.54, 1.807) is 7.11 Å². The Labute approximate surface area is 227 Å². The van der Waals surface area contributed by atoms with Crippen LogP contribution in [0, 0.1) is 6.92 Å². The van der Waals surface area contributed by atoms with Crippen LogP contribution in [0.1, 0.15) is 44.3 Å². The summed E-state index contributed by atoms with van der Waals surface area (Å²) in [6, 6.07) is 33.8. The van der Waals surface area contributed by atoms with Crippen molar-refractivity contribution in [3.05, 3.63) is 137 Å². The summed E-state index contributed by atoms with van der Waals surface area (Å²) < 4.78 is 11.9. The lowest BCUT2D eigenvalue weighted by Gasteiger charge is -2.27. The van der Waals surface area contributed by atoms with Gasteiger partial charge in [0.05, 0.1) is 18.8 Å². The molecular formula is C33H29N3O3. The summed E-state index contributed by atoms with van der Waals surface area (Å²) in [4.78, 5) is 15.7. The second-order valence-corrected chi connectivity index (χ2v) is 9.73. The molecule has 1 aliphatic rings. The minimum atomic E-state index is -0.347. The third-order valence-corrected chi connectivity index (χ3v) is 7.13. The largest absolute Gasteiger partial charge is 0.493 e. The van der Waals surface area contributed by atoms with Gasteiger partial charge in [0.25, 0.3) is 5.91 Å². The fourth-order valence-corrected chi connectivity index (χ4v) is 5.12. The van der Waals surface area contributed by atoms with Crippen molar-refractivity contribution in [3.63, 3.8) is 0 Å². The Morgan fingerprint density at radius 3 is 2.28 bits per heavy atom. The van der Waals surface area contributed by atoms with Crippen molar-refractivity contribution in [3.8, 4) is 22.8 Å². The van der Waals surface area contributed by atoms with Crippen LogP contribution in [0.2, 0.25) is 0 Å². The molecule has 5 aromatic rings. The monoisotopic (exact) mass is 515 g/mol. The van der Waals surface area contributed by atoms with Crippen LogP contribution in [-0.4, -0.2) is 28.1 Å². The van der Waals surface area contributed by atoms with Crippen molar-refractivity contribution in [1.29, 1.82) is 0 Å². The molecule has 1 amide bonds. The topological polar surface area (TPSA) is 67.5 Å². The van der Waals surface area contributed by atoms with Gasteiger partial charge in [0.1, 0.15) is 12.3 Å². The SMILES string of the molecule is COc1cc(C2c3c(-c4ccccc4)n[nH]c3C(=O)N2Cc2ccc(C)cc2)ccc1OCc1ccccc1. The Hall–Kier alpha value is -4.84. The van der Waals surface area contributed by atoms with Crippen LogP contribution in [0.15, 0.2) is 103 Å². The molecule has 1 unspecified atom stereocenters. The van der Waals surface area contributed by atoms with Gasteiger partial charge in [-0.3, -0.25) is 9.89 Å². The van der Waals surface area contributed by atoms with Crippen molar-refractivity contribution in [1.82, 2.24) is 15.1 Å². The average Bonchev–Trinajstić information content (AvgIpc) is 3.53. The van der Waals surface area contributed by atoms with Gasteiger partial charge in [-0.1, -0.05) is 96.6 Å². The molecule has 0 fully saturated rings. The molecule has 1 N–H and O–H groups in total. The summed E-state index contributed by atoms with van der Waals surface area (Å²) in [5.41, 5.74) is 7.38. The number of hydrogen-bond donors (Lipinski definition) is 1. The summed E-state index contributed by atoms with van der Waals surface area (Å²) >= 11 is 0. The number of hydrogen-bond acceptors (Lipinski definition) is 4.